The number of pyridine rings is 1. The second-order valence-corrected chi connectivity index (χ2v) is 8.40. The Balaban J connectivity index is 1.58. The van der Waals surface area contributed by atoms with Gasteiger partial charge < -0.3 is 4.90 Å². The molecule has 1 unspecified atom stereocenters. The molecule has 3 heterocycles. The monoisotopic (exact) mass is 371 g/mol. The highest BCUT2D eigenvalue weighted by atomic mass is 32.3. The number of aromatic nitrogens is 1. The Labute approximate surface area is 154 Å². The maximum absolute atomic E-state index is 10.9. The normalized spacial score (nSPS) is 23.8. The summed E-state index contributed by atoms with van der Waals surface area (Å²) in [6.45, 7) is 2.34. The molecule has 0 bridgehead atoms. The first kappa shape index (κ1) is 17.1. The fourth-order valence-electron chi connectivity index (χ4n) is 3.66. The SMILES string of the molecule is N#CN1CCC(N2CCN(c3cccc(-c4cccnc4)c3)S2(O)O)C1. The van der Waals surface area contributed by atoms with E-state index < -0.39 is 11.0 Å². The van der Waals surface area contributed by atoms with E-state index in [2.05, 4.69) is 11.2 Å². The van der Waals surface area contributed by atoms with Crippen molar-refractivity contribution in [3.63, 3.8) is 0 Å². The lowest BCUT2D eigenvalue weighted by atomic mass is 10.1. The summed E-state index contributed by atoms with van der Waals surface area (Å²) < 4.78 is 25.3. The first-order valence-corrected chi connectivity index (χ1v) is 10.0. The standard InChI is InChI=1S/C18H21N5O2S/c19-14-21-8-6-18(13-21)23-10-9-22(26(23,24)25)17-5-1-3-15(11-17)16-4-2-7-20-12-16/h1-5,7,11-12,18,24-25H,6,8-10,13H2. The Bertz CT molecular complexity index is 826. The highest BCUT2D eigenvalue weighted by Crippen LogP contribution is 2.55. The minimum Gasteiger partial charge on any atom is -0.309 e. The molecular formula is C18H21N5O2S. The van der Waals surface area contributed by atoms with Gasteiger partial charge in [0.2, 0.25) is 0 Å². The third-order valence-electron chi connectivity index (χ3n) is 4.97. The molecule has 2 aromatic rings. The van der Waals surface area contributed by atoms with Crippen LogP contribution in [0.15, 0.2) is 48.8 Å². The molecule has 0 radical (unpaired) electrons. The number of anilines is 1. The quantitative estimate of drug-likeness (QED) is 0.802. The number of likely N-dealkylation sites (tertiary alicyclic amines) is 1. The molecule has 7 nitrogen and oxygen atoms in total. The molecule has 0 aliphatic carbocycles. The van der Waals surface area contributed by atoms with E-state index in [1.165, 1.54) is 0 Å². The number of nitrogens with zero attached hydrogens (tertiary/aromatic N) is 5. The summed E-state index contributed by atoms with van der Waals surface area (Å²) in [5, 5.41) is 9.05. The van der Waals surface area contributed by atoms with Gasteiger partial charge in [0.15, 0.2) is 6.19 Å². The predicted molar refractivity (Wildman–Crippen MR) is 102 cm³/mol. The van der Waals surface area contributed by atoms with Gasteiger partial charge in [-0.3, -0.25) is 18.4 Å². The molecule has 136 valence electrons. The molecule has 0 spiro atoms. The van der Waals surface area contributed by atoms with Crippen molar-refractivity contribution in [1.29, 1.82) is 5.26 Å². The number of nitriles is 1. The molecule has 0 saturated carbocycles. The summed E-state index contributed by atoms with van der Waals surface area (Å²) in [6, 6.07) is 11.6. The van der Waals surface area contributed by atoms with Crippen molar-refractivity contribution in [2.75, 3.05) is 30.5 Å². The predicted octanol–water partition coefficient (Wildman–Crippen LogP) is 3.01. The lowest BCUT2D eigenvalue weighted by molar-refractivity contribution is 0.310. The average Bonchev–Trinajstić information content (AvgIpc) is 3.26. The first-order chi connectivity index (χ1) is 12.6. The number of hydrogen-bond donors (Lipinski definition) is 2. The van der Waals surface area contributed by atoms with Crippen molar-refractivity contribution in [1.82, 2.24) is 14.2 Å². The van der Waals surface area contributed by atoms with Gasteiger partial charge in [-0.1, -0.05) is 29.2 Å². The first-order valence-electron chi connectivity index (χ1n) is 8.57. The summed E-state index contributed by atoms with van der Waals surface area (Å²) in [6.07, 6.45) is 6.44. The van der Waals surface area contributed by atoms with E-state index in [1.807, 2.05) is 36.4 Å². The van der Waals surface area contributed by atoms with Gasteiger partial charge in [-0.25, -0.2) is 0 Å². The highest BCUT2D eigenvalue weighted by Gasteiger charge is 2.43. The van der Waals surface area contributed by atoms with Crippen LogP contribution in [0.1, 0.15) is 6.42 Å². The van der Waals surface area contributed by atoms with Crippen LogP contribution in [0.3, 0.4) is 0 Å². The van der Waals surface area contributed by atoms with Crippen LogP contribution >= 0.6 is 11.0 Å². The van der Waals surface area contributed by atoms with Crippen LogP contribution in [0.4, 0.5) is 5.69 Å². The molecule has 0 amide bonds. The number of hydrogen-bond acceptors (Lipinski definition) is 7. The zero-order valence-corrected chi connectivity index (χ0v) is 15.1. The lowest BCUT2D eigenvalue weighted by Gasteiger charge is -2.45. The molecule has 26 heavy (non-hydrogen) atoms. The Morgan fingerprint density at radius 2 is 1.96 bits per heavy atom. The van der Waals surface area contributed by atoms with Gasteiger partial charge in [0.1, 0.15) is 0 Å². The summed E-state index contributed by atoms with van der Waals surface area (Å²) >= 11 is 0. The van der Waals surface area contributed by atoms with E-state index >= 15 is 0 Å². The fourth-order valence-corrected chi connectivity index (χ4v) is 5.53. The van der Waals surface area contributed by atoms with Crippen LogP contribution in [0.2, 0.25) is 0 Å². The molecule has 2 fully saturated rings. The second-order valence-electron chi connectivity index (χ2n) is 6.51. The van der Waals surface area contributed by atoms with E-state index in [4.69, 9.17) is 5.26 Å². The van der Waals surface area contributed by atoms with Crippen LogP contribution in [-0.2, 0) is 0 Å². The van der Waals surface area contributed by atoms with E-state index in [0.717, 1.165) is 23.2 Å². The van der Waals surface area contributed by atoms with Crippen LogP contribution in [0.5, 0.6) is 0 Å². The minimum absolute atomic E-state index is 0.00819. The Morgan fingerprint density at radius 3 is 2.69 bits per heavy atom. The molecule has 2 saturated heterocycles. The van der Waals surface area contributed by atoms with Crippen molar-refractivity contribution in [3.05, 3.63) is 48.8 Å². The van der Waals surface area contributed by atoms with Crippen molar-refractivity contribution < 1.29 is 9.11 Å². The summed E-state index contributed by atoms with van der Waals surface area (Å²) in [4.78, 5) is 5.82. The minimum atomic E-state index is -3.08. The van der Waals surface area contributed by atoms with Crippen molar-refractivity contribution >= 4 is 16.6 Å². The third kappa shape index (κ3) is 2.99. The van der Waals surface area contributed by atoms with Gasteiger partial charge in [0, 0.05) is 37.6 Å². The molecular weight excluding hydrogens is 350 g/mol. The van der Waals surface area contributed by atoms with E-state index in [1.54, 1.807) is 25.9 Å². The van der Waals surface area contributed by atoms with Gasteiger partial charge in [0.25, 0.3) is 0 Å². The third-order valence-corrected chi connectivity index (χ3v) is 7.07. The van der Waals surface area contributed by atoms with Gasteiger partial charge >= 0.3 is 0 Å². The molecule has 2 aliphatic heterocycles. The van der Waals surface area contributed by atoms with E-state index in [0.29, 0.717) is 26.2 Å². The topological polar surface area (TPSA) is 86.9 Å². The zero-order chi connectivity index (χ0) is 18.1. The van der Waals surface area contributed by atoms with Crippen LogP contribution in [0, 0.1) is 11.5 Å². The van der Waals surface area contributed by atoms with Crippen molar-refractivity contribution in [2.24, 2.45) is 0 Å². The van der Waals surface area contributed by atoms with Gasteiger partial charge in [0.05, 0.1) is 18.3 Å². The Hall–Kier alpha value is -2.31. The molecule has 2 N–H and O–H groups in total. The van der Waals surface area contributed by atoms with Crippen LogP contribution in [-0.4, -0.2) is 55.5 Å². The summed E-state index contributed by atoms with van der Waals surface area (Å²) in [5.74, 6) is 0. The van der Waals surface area contributed by atoms with Crippen molar-refractivity contribution in [3.8, 4) is 17.3 Å². The van der Waals surface area contributed by atoms with E-state index in [9.17, 15) is 9.11 Å². The fraction of sp³-hybridized carbons (Fsp3) is 0.333. The Kier molecular flexibility index (Phi) is 4.46. The highest BCUT2D eigenvalue weighted by molar-refractivity contribution is 8.23. The van der Waals surface area contributed by atoms with Gasteiger partial charge in [-0.15, -0.1) is 0 Å². The zero-order valence-electron chi connectivity index (χ0n) is 14.3. The summed E-state index contributed by atoms with van der Waals surface area (Å²) in [5.41, 5.74) is 2.76. The second kappa shape index (κ2) is 6.78. The smallest absolute Gasteiger partial charge is 0.179 e. The summed E-state index contributed by atoms with van der Waals surface area (Å²) in [7, 11) is -3.08. The lowest BCUT2D eigenvalue weighted by Crippen LogP contribution is -2.38. The van der Waals surface area contributed by atoms with Crippen LogP contribution < -0.4 is 4.31 Å². The molecule has 1 aromatic heterocycles. The maximum atomic E-state index is 10.9. The molecule has 2 aliphatic rings. The number of rotatable bonds is 3. The average molecular weight is 371 g/mol. The maximum Gasteiger partial charge on any atom is 0.179 e. The largest absolute Gasteiger partial charge is 0.309 e. The van der Waals surface area contributed by atoms with Crippen molar-refractivity contribution in [2.45, 2.75) is 12.5 Å². The molecule has 4 rings (SSSR count). The van der Waals surface area contributed by atoms with Gasteiger partial charge in [-0.2, -0.15) is 9.57 Å². The van der Waals surface area contributed by atoms with Crippen LogP contribution in [0.25, 0.3) is 11.1 Å². The molecule has 1 atom stereocenters. The van der Waals surface area contributed by atoms with Gasteiger partial charge in [-0.05, 0) is 30.2 Å². The molecule has 8 heteroatoms. The Morgan fingerprint density at radius 1 is 1.12 bits per heavy atom. The molecule has 1 aromatic carbocycles. The number of benzene rings is 1. The van der Waals surface area contributed by atoms with E-state index in [-0.39, 0.29) is 6.04 Å².